The molecule has 3 aromatic rings. The summed E-state index contributed by atoms with van der Waals surface area (Å²) in [6.07, 6.45) is 2.25. The second-order valence-electron chi connectivity index (χ2n) is 6.23. The third kappa shape index (κ3) is 4.32. The van der Waals surface area contributed by atoms with Crippen molar-refractivity contribution in [1.29, 1.82) is 0 Å². The van der Waals surface area contributed by atoms with Gasteiger partial charge in [-0.25, -0.2) is 0 Å². The maximum absolute atomic E-state index is 11.1. The second kappa shape index (κ2) is 8.75. The molecule has 1 aromatic heterocycles. The normalized spacial score (nSPS) is 13.1. The average Bonchev–Trinajstić information content (AvgIpc) is 2.69. The summed E-state index contributed by atoms with van der Waals surface area (Å²) >= 11 is 6.17. The fourth-order valence-electron chi connectivity index (χ4n) is 3.40. The van der Waals surface area contributed by atoms with Crippen LogP contribution in [0.5, 0.6) is 0 Å². The number of hydrogen-bond acceptors (Lipinski definition) is 4. The third-order valence-corrected chi connectivity index (χ3v) is 4.91. The number of benzene rings is 2. The molecular weight excluding hydrogens is 364 g/mol. The van der Waals surface area contributed by atoms with E-state index in [4.69, 9.17) is 11.6 Å². The van der Waals surface area contributed by atoms with E-state index in [1.54, 1.807) is 18.3 Å². The maximum Gasteiger partial charge on any atom is 0.287 e. The summed E-state index contributed by atoms with van der Waals surface area (Å²) in [6.45, 7) is 0.0175. The van der Waals surface area contributed by atoms with Gasteiger partial charge in [-0.15, -0.1) is 0 Å². The minimum atomic E-state index is -0.496. The van der Waals surface area contributed by atoms with Gasteiger partial charge < -0.3 is 5.11 Å². The Morgan fingerprint density at radius 3 is 2.37 bits per heavy atom. The molecule has 5 nitrogen and oxygen atoms in total. The van der Waals surface area contributed by atoms with Gasteiger partial charge >= 0.3 is 0 Å². The topological polar surface area (TPSA) is 76.3 Å². The van der Waals surface area contributed by atoms with Crippen LogP contribution < -0.4 is 0 Å². The predicted octanol–water partition coefficient (Wildman–Crippen LogP) is 4.94. The van der Waals surface area contributed by atoms with E-state index in [-0.39, 0.29) is 29.2 Å². The summed E-state index contributed by atoms with van der Waals surface area (Å²) < 4.78 is 0. The van der Waals surface area contributed by atoms with Gasteiger partial charge in [0.25, 0.3) is 5.69 Å². The highest BCUT2D eigenvalue weighted by atomic mass is 35.5. The molecule has 0 unspecified atom stereocenters. The van der Waals surface area contributed by atoms with E-state index in [2.05, 4.69) is 4.98 Å². The predicted molar refractivity (Wildman–Crippen MR) is 105 cm³/mol. The van der Waals surface area contributed by atoms with Crippen LogP contribution in [0.1, 0.15) is 35.1 Å². The van der Waals surface area contributed by atoms with Crippen molar-refractivity contribution in [1.82, 2.24) is 4.98 Å². The first kappa shape index (κ1) is 19.0. The van der Waals surface area contributed by atoms with Crippen molar-refractivity contribution < 1.29 is 10.0 Å². The quantitative estimate of drug-likeness (QED) is 0.463. The lowest BCUT2D eigenvalue weighted by molar-refractivity contribution is -0.384. The molecule has 2 atom stereocenters. The molecule has 0 amide bonds. The Morgan fingerprint density at radius 1 is 1.04 bits per heavy atom. The summed E-state index contributed by atoms with van der Waals surface area (Å²) in [7, 11) is 0. The van der Waals surface area contributed by atoms with Crippen LogP contribution in [0.2, 0.25) is 5.02 Å². The molecule has 138 valence electrons. The fourth-order valence-corrected chi connectivity index (χ4v) is 3.66. The van der Waals surface area contributed by atoms with Crippen LogP contribution in [0, 0.1) is 10.1 Å². The zero-order chi connectivity index (χ0) is 19.2. The molecule has 27 heavy (non-hydrogen) atoms. The molecular formula is C21H19ClN2O3. The van der Waals surface area contributed by atoms with Gasteiger partial charge in [0.15, 0.2) is 0 Å². The molecule has 3 rings (SSSR count). The number of pyridine rings is 1. The van der Waals surface area contributed by atoms with Gasteiger partial charge in [-0.1, -0.05) is 54.1 Å². The van der Waals surface area contributed by atoms with Crippen molar-refractivity contribution in [3.05, 3.63) is 105 Å². The molecule has 2 aromatic carbocycles. The van der Waals surface area contributed by atoms with Gasteiger partial charge in [-0.3, -0.25) is 15.1 Å². The monoisotopic (exact) mass is 382 g/mol. The second-order valence-corrected chi connectivity index (χ2v) is 6.64. The van der Waals surface area contributed by atoms with E-state index in [0.29, 0.717) is 6.42 Å². The van der Waals surface area contributed by atoms with Gasteiger partial charge in [0.2, 0.25) is 0 Å². The Kier molecular flexibility index (Phi) is 6.16. The molecule has 0 saturated carbocycles. The molecule has 1 N–H and O–H groups in total. The average molecular weight is 383 g/mol. The van der Waals surface area contributed by atoms with E-state index >= 15 is 0 Å². The Hall–Kier alpha value is -2.76. The van der Waals surface area contributed by atoms with Crippen molar-refractivity contribution in [2.45, 2.75) is 18.3 Å². The first-order valence-corrected chi connectivity index (χ1v) is 9.00. The number of aliphatic hydroxyl groups is 1. The zero-order valence-electron chi connectivity index (χ0n) is 14.5. The SMILES string of the molecule is O=[N+]([O-])c1ccc([C@H](c2ccccn2)[C@@H](CCO)c2ccccc2)cc1Cl. The fraction of sp³-hybridized carbons (Fsp3) is 0.190. The summed E-state index contributed by atoms with van der Waals surface area (Å²) in [4.78, 5) is 15.1. The molecule has 0 aliphatic heterocycles. The smallest absolute Gasteiger partial charge is 0.287 e. The molecule has 0 bridgehead atoms. The third-order valence-electron chi connectivity index (χ3n) is 4.60. The number of nitro groups is 1. The molecule has 6 heteroatoms. The van der Waals surface area contributed by atoms with Crippen molar-refractivity contribution in [2.75, 3.05) is 6.61 Å². The van der Waals surface area contributed by atoms with Crippen LogP contribution >= 0.6 is 11.6 Å². The van der Waals surface area contributed by atoms with Gasteiger partial charge in [0.1, 0.15) is 5.02 Å². The largest absolute Gasteiger partial charge is 0.396 e. The molecule has 1 heterocycles. The number of hydrogen-bond donors (Lipinski definition) is 1. The van der Waals surface area contributed by atoms with E-state index < -0.39 is 4.92 Å². The van der Waals surface area contributed by atoms with Gasteiger partial charge in [-0.05, 0) is 41.7 Å². The van der Waals surface area contributed by atoms with E-state index in [1.807, 2.05) is 48.5 Å². The maximum atomic E-state index is 11.1. The zero-order valence-corrected chi connectivity index (χ0v) is 15.3. The van der Waals surface area contributed by atoms with Crippen LogP contribution in [-0.4, -0.2) is 21.6 Å². The van der Waals surface area contributed by atoms with Crippen molar-refractivity contribution in [3.8, 4) is 0 Å². The Bertz CT molecular complexity index is 904. The Morgan fingerprint density at radius 2 is 1.78 bits per heavy atom. The molecule has 0 fully saturated rings. The summed E-state index contributed by atoms with van der Waals surface area (Å²) in [5.41, 5.74) is 2.59. The molecule has 0 saturated heterocycles. The van der Waals surface area contributed by atoms with E-state index in [0.717, 1.165) is 16.8 Å². The lowest BCUT2D eigenvalue weighted by atomic mass is 9.77. The van der Waals surface area contributed by atoms with Crippen LogP contribution in [0.4, 0.5) is 5.69 Å². The summed E-state index contributed by atoms with van der Waals surface area (Å²) in [6, 6.07) is 20.3. The number of aromatic nitrogens is 1. The number of halogens is 1. The number of rotatable bonds is 7. The highest BCUT2D eigenvalue weighted by Gasteiger charge is 2.28. The van der Waals surface area contributed by atoms with Crippen LogP contribution in [0.3, 0.4) is 0 Å². The summed E-state index contributed by atoms with van der Waals surface area (Å²) in [5, 5.41) is 20.9. The van der Waals surface area contributed by atoms with Crippen molar-refractivity contribution in [2.24, 2.45) is 0 Å². The van der Waals surface area contributed by atoms with Gasteiger partial charge in [-0.2, -0.15) is 0 Å². The highest BCUT2D eigenvalue weighted by Crippen LogP contribution is 2.41. The first-order chi connectivity index (χ1) is 13.1. The van der Waals surface area contributed by atoms with Gasteiger partial charge in [0.05, 0.1) is 4.92 Å². The van der Waals surface area contributed by atoms with Crippen LogP contribution in [-0.2, 0) is 0 Å². The molecule has 0 radical (unpaired) electrons. The highest BCUT2D eigenvalue weighted by molar-refractivity contribution is 6.32. The Labute approximate surface area is 162 Å². The van der Waals surface area contributed by atoms with Crippen LogP contribution in [0.15, 0.2) is 72.9 Å². The molecule has 0 aliphatic rings. The summed E-state index contributed by atoms with van der Waals surface area (Å²) in [5.74, 6) is -0.248. The minimum Gasteiger partial charge on any atom is -0.396 e. The van der Waals surface area contributed by atoms with Crippen LogP contribution in [0.25, 0.3) is 0 Å². The molecule has 0 spiro atoms. The number of nitrogens with zero attached hydrogens (tertiary/aromatic N) is 2. The van der Waals surface area contributed by atoms with Crippen molar-refractivity contribution >= 4 is 17.3 Å². The standard InChI is InChI=1S/C21H19ClN2O3/c22-18-14-16(9-10-20(18)24(26)27)21(19-8-4-5-12-23-19)17(11-13-25)15-6-2-1-3-7-15/h1-10,12,14,17,21,25H,11,13H2/t17-,21-/m0/s1. The van der Waals surface area contributed by atoms with Crippen molar-refractivity contribution in [3.63, 3.8) is 0 Å². The Balaban J connectivity index is 2.14. The van der Waals surface area contributed by atoms with E-state index in [1.165, 1.54) is 6.07 Å². The number of aliphatic hydroxyl groups excluding tert-OH is 1. The minimum absolute atomic E-state index is 0.0175. The van der Waals surface area contributed by atoms with E-state index in [9.17, 15) is 15.2 Å². The number of nitro benzene ring substituents is 1. The lowest BCUT2D eigenvalue weighted by Crippen LogP contribution is -2.16. The lowest BCUT2D eigenvalue weighted by Gasteiger charge is -2.27. The molecule has 0 aliphatic carbocycles. The van der Waals surface area contributed by atoms with Gasteiger partial charge in [0, 0.05) is 30.5 Å². The first-order valence-electron chi connectivity index (χ1n) is 8.62.